The van der Waals surface area contributed by atoms with Crippen molar-refractivity contribution in [2.45, 2.75) is 38.3 Å². The second kappa shape index (κ2) is 4.27. The number of hydrogen-bond donors (Lipinski definition) is 1. The van der Waals surface area contributed by atoms with Gasteiger partial charge in [0.15, 0.2) is 0 Å². The molecule has 0 saturated heterocycles. The van der Waals surface area contributed by atoms with Crippen molar-refractivity contribution in [1.82, 2.24) is 0 Å². The van der Waals surface area contributed by atoms with E-state index >= 15 is 0 Å². The zero-order valence-corrected chi connectivity index (χ0v) is 7.79. The Morgan fingerprint density at radius 2 is 1.91 bits per heavy atom. The molecule has 0 bridgehead atoms. The van der Waals surface area contributed by atoms with Crippen LogP contribution in [0.1, 0.15) is 32.6 Å². The fourth-order valence-electron chi connectivity index (χ4n) is 1.48. The smallest absolute Gasteiger partial charge is 0.123 e. The van der Waals surface area contributed by atoms with E-state index < -0.39 is 5.67 Å². The fourth-order valence-corrected chi connectivity index (χ4v) is 1.48. The Bertz CT molecular complexity index is 111. The second-order valence-corrected chi connectivity index (χ2v) is 3.54. The maximum absolute atomic E-state index is 13.4. The van der Waals surface area contributed by atoms with Crippen LogP contribution in [-0.4, -0.2) is 12.2 Å². The van der Waals surface area contributed by atoms with Gasteiger partial charge in [0, 0.05) is 6.54 Å². The summed E-state index contributed by atoms with van der Waals surface area (Å²) in [7, 11) is 0. The van der Waals surface area contributed by atoms with Crippen molar-refractivity contribution in [2.24, 2.45) is 11.7 Å². The molecule has 0 spiro atoms. The van der Waals surface area contributed by atoms with Crippen LogP contribution in [0.25, 0.3) is 0 Å². The van der Waals surface area contributed by atoms with Crippen LogP contribution in [0.2, 0.25) is 0 Å². The molecule has 1 rings (SSSR count). The van der Waals surface area contributed by atoms with Gasteiger partial charge in [-0.15, -0.1) is 12.4 Å². The van der Waals surface area contributed by atoms with Gasteiger partial charge < -0.3 is 5.73 Å². The lowest BCUT2D eigenvalue weighted by atomic mass is 9.81. The molecular weight excluding hydrogens is 165 g/mol. The van der Waals surface area contributed by atoms with E-state index in [1.807, 2.05) is 0 Å². The Morgan fingerprint density at radius 3 is 2.27 bits per heavy atom. The van der Waals surface area contributed by atoms with Gasteiger partial charge in [0.1, 0.15) is 5.67 Å². The summed E-state index contributed by atoms with van der Waals surface area (Å²) in [5.74, 6) is 0.704. The number of alkyl halides is 1. The Kier molecular flexibility index (Phi) is 4.34. The molecule has 0 aromatic rings. The maximum Gasteiger partial charge on any atom is 0.123 e. The molecule has 0 unspecified atom stereocenters. The lowest BCUT2D eigenvalue weighted by Crippen LogP contribution is -2.36. The monoisotopic (exact) mass is 181 g/mol. The highest BCUT2D eigenvalue weighted by atomic mass is 35.5. The van der Waals surface area contributed by atoms with Gasteiger partial charge >= 0.3 is 0 Å². The highest BCUT2D eigenvalue weighted by Gasteiger charge is 2.32. The molecule has 0 aliphatic heterocycles. The molecule has 0 radical (unpaired) electrons. The predicted molar refractivity (Wildman–Crippen MR) is 47.8 cm³/mol. The standard InChI is InChI=1S/C8H16FN.ClH/c1-7-2-4-8(9,6-10)5-3-7;/h7H,2-6,10H2,1H3;1H. The Balaban J connectivity index is 0.000001000. The SMILES string of the molecule is CC1CCC(F)(CN)CC1.Cl. The summed E-state index contributed by atoms with van der Waals surface area (Å²) in [6.45, 7) is 2.38. The van der Waals surface area contributed by atoms with E-state index in [-0.39, 0.29) is 19.0 Å². The van der Waals surface area contributed by atoms with E-state index in [4.69, 9.17) is 5.73 Å². The van der Waals surface area contributed by atoms with Crippen LogP contribution in [0, 0.1) is 5.92 Å². The Morgan fingerprint density at radius 1 is 1.45 bits per heavy atom. The average Bonchev–Trinajstić information content (AvgIpc) is 1.96. The summed E-state index contributed by atoms with van der Waals surface area (Å²) in [6.07, 6.45) is 3.36. The van der Waals surface area contributed by atoms with Gasteiger partial charge in [-0.3, -0.25) is 0 Å². The third-order valence-electron chi connectivity index (χ3n) is 2.54. The maximum atomic E-state index is 13.4. The van der Waals surface area contributed by atoms with Crippen LogP contribution in [0.5, 0.6) is 0 Å². The van der Waals surface area contributed by atoms with E-state index in [0.29, 0.717) is 18.8 Å². The Hall–Kier alpha value is 0.180. The zero-order chi connectivity index (χ0) is 7.61. The minimum Gasteiger partial charge on any atom is -0.328 e. The van der Waals surface area contributed by atoms with Crippen LogP contribution < -0.4 is 5.73 Å². The van der Waals surface area contributed by atoms with Crippen molar-refractivity contribution in [3.8, 4) is 0 Å². The zero-order valence-electron chi connectivity index (χ0n) is 6.98. The Labute approximate surface area is 73.9 Å². The molecular formula is C8H17ClFN. The van der Waals surface area contributed by atoms with Crippen molar-refractivity contribution in [3.63, 3.8) is 0 Å². The van der Waals surface area contributed by atoms with E-state index in [1.165, 1.54) is 0 Å². The molecule has 3 heteroatoms. The molecule has 1 aliphatic rings. The molecule has 68 valence electrons. The number of halogens is 2. The van der Waals surface area contributed by atoms with Gasteiger partial charge in [0.2, 0.25) is 0 Å². The van der Waals surface area contributed by atoms with E-state index in [0.717, 1.165) is 12.8 Å². The third kappa shape index (κ3) is 2.96. The van der Waals surface area contributed by atoms with Gasteiger partial charge in [-0.2, -0.15) is 0 Å². The molecule has 1 fully saturated rings. The first-order valence-corrected chi connectivity index (χ1v) is 4.05. The first-order chi connectivity index (χ1) is 4.66. The molecule has 2 N–H and O–H groups in total. The summed E-state index contributed by atoms with van der Waals surface area (Å²) < 4.78 is 13.4. The average molecular weight is 182 g/mol. The van der Waals surface area contributed by atoms with E-state index in [9.17, 15) is 4.39 Å². The topological polar surface area (TPSA) is 26.0 Å². The molecule has 0 amide bonds. The first-order valence-electron chi connectivity index (χ1n) is 4.05. The van der Waals surface area contributed by atoms with Gasteiger partial charge in [-0.1, -0.05) is 6.92 Å². The quantitative estimate of drug-likeness (QED) is 0.660. The van der Waals surface area contributed by atoms with Crippen LogP contribution in [-0.2, 0) is 0 Å². The lowest BCUT2D eigenvalue weighted by Gasteiger charge is -2.31. The summed E-state index contributed by atoms with van der Waals surface area (Å²) in [6, 6.07) is 0. The largest absolute Gasteiger partial charge is 0.328 e. The molecule has 0 atom stereocenters. The summed E-state index contributed by atoms with van der Waals surface area (Å²) in [5, 5.41) is 0. The molecule has 11 heavy (non-hydrogen) atoms. The van der Waals surface area contributed by atoms with Crippen molar-refractivity contribution < 1.29 is 4.39 Å². The second-order valence-electron chi connectivity index (χ2n) is 3.54. The summed E-state index contributed by atoms with van der Waals surface area (Å²) in [4.78, 5) is 0. The minimum atomic E-state index is -1.02. The molecule has 0 aromatic heterocycles. The summed E-state index contributed by atoms with van der Waals surface area (Å²) >= 11 is 0. The molecule has 0 aromatic carbocycles. The molecule has 1 saturated carbocycles. The van der Waals surface area contributed by atoms with Crippen LogP contribution in [0.3, 0.4) is 0 Å². The lowest BCUT2D eigenvalue weighted by molar-refractivity contribution is 0.0965. The number of nitrogens with two attached hydrogens (primary N) is 1. The third-order valence-corrected chi connectivity index (χ3v) is 2.54. The van der Waals surface area contributed by atoms with Crippen molar-refractivity contribution in [3.05, 3.63) is 0 Å². The van der Waals surface area contributed by atoms with Gasteiger partial charge in [-0.25, -0.2) is 4.39 Å². The van der Waals surface area contributed by atoms with Crippen molar-refractivity contribution >= 4 is 12.4 Å². The van der Waals surface area contributed by atoms with E-state index in [1.54, 1.807) is 0 Å². The highest BCUT2D eigenvalue weighted by molar-refractivity contribution is 5.85. The molecule has 1 nitrogen and oxygen atoms in total. The first kappa shape index (κ1) is 11.2. The van der Waals surface area contributed by atoms with Gasteiger partial charge in [-0.05, 0) is 31.6 Å². The summed E-state index contributed by atoms with van der Waals surface area (Å²) in [5.41, 5.74) is 4.29. The van der Waals surface area contributed by atoms with Gasteiger partial charge in [0.05, 0.1) is 0 Å². The van der Waals surface area contributed by atoms with E-state index in [2.05, 4.69) is 6.92 Å². The normalized spacial score (nSPS) is 37.9. The molecule has 0 heterocycles. The van der Waals surface area contributed by atoms with Crippen LogP contribution in [0.4, 0.5) is 4.39 Å². The molecule has 1 aliphatic carbocycles. The number of hydrogen-bond acceptors (Lipinski definition) is 1. The fraction of sp³-hybridized carbons (Fsp3) is 1.00. The van der Waals surface area contributed by atoms with Crippen LogP contribution >= 0.6 is 12.4 Å². The highest BCUT2D eigenvalue weighted by Crippen LogP contribution is 2.33. The van der Waals surface area contributed by atoms with Gasteiger partial charge in [0.25, 0.3) is 0 Å². The van der Waals surface area contributed by atoms with Crippen molar-refractivity contribution in [1.29, 1.82) is 0 Å². The minimum absolute atomic E-state index is 0. The number of rotatable bonds is 1. The van der Waals surface area contributed by atoms with Crippen LogP contribution in [0.15, 0.2) is 0 Å². The predicted octanol–water partition coefficient (Wildman–Crippen LogP) is 2.29. The van der Waals surface area contributed by atoms with Crippen molar-refractivity contribution in [2.75, 3.05) is 6.54 Å².